The van der Waals surface area contributed by atoms with Crippen molar-refractivity contribution in [2.75, 3.05) is 11.9 Å². The summed E-state index contributed by atoms with van der Waals surface area (Å²) in [6.07, 6.45) is 1.68. The van der Waals surface area contributed by atoms with E-state index >= 15 is 0 Å². The van der Waals surface area contributed by atoms with Crippen molar-refractivity contribution in [2.24, 2.45) is 5.41 Å². The third-order valence-corrected chi connectivity index (χ3v) is 2.40. The molecular weight excluding hydrogens is 232 g/mol. The summed E-state index contributed by atoms with van der Waals surface area (Å²) in [5, 5.41) is 2.69. The van der Waals surface area contributed by atoms with Gasteiger partial charge in [0.1, 0.15) is 12.4 Å². The molecule has 0 bridgehead atoms. The van der Waals surface area contributed by atoms with Gasteiger partial charge in [-0.1, -0.05) is 6.07 Å². The van der Waals surface area contributed by atoms with Crippen LogP contribution in [0.3, 0.4) is 0 Å². The Morgan fingerprint density at radius 1 is 1.39 bits per heavy atom. The molecule has 1 aromatic rings. The van der Waals surface area contributed by atoms with E-state index < -0.39 is 11.4 Å². The number of esters is 1. The Kier molecular flexibility index (Phi) is 4.42. The minimum atomic E-state index is -0.793. The fraction of sp³-hybridized carbons (Fsp3) is 0.462. The number of carbonyl (C=O) groups excluding carboxylic acids is 2. The Morgan fingerprint density at radius 2 is 2.06 bits per heavy atom. The number of hydrogen-bond donors (Lipinski definition) is 1. The first-order valence-corrected chi connectivity index (χ1v) is 5.69. The Bertz CT molecular complexity index is 438. The van der Waals surface area contributed by atoms with Crippen LogP contribution >= 0.6 is 0 Å². The van der Waals surface area contributed by atoms with Gasteiger partial charge in [0.15, 0.2) is 0 Å². The zero-order valence-corrected chi connectivity index (χ0v) is 11.1. The summed E-state index contributed by atoms with van der Waals surface area (Å²) >= 11 is 0. The molecule has 0 unspecified atom stereocenters. The van der Waals surface area contributed by atoms with E-state index in [0.29, 0.717) is 5.82 Å². The van der Waals surface area contributed by atoms with Crippen LogP contribution in [0.25, 0.3) is 0 Å². The number of pyridine rings is 1. The smallest absolute Gasteiger partial charge is 0.302 e. The second-order valence-electron chi connectivity index (χ2n) is 4.84. The average Bonchev–Trinajstić information content (AvgIpc) is 2.29. The van der Waals surface area contributed by atoms with E-state index in [2.05, 4.69) is 10.3 Å². The number of aryl methyl sites for hydroxylation is 1. The van der Waals surface area contributed by atoms with Gasteiger partial charge in [0.25, 0.3) is 0 Å². The highest BCUT2D eigenvalue weighted by Crippen LogP contribution is 2.18. The highest BCUT2D eigenvalue weighted by atomic mass is 16.5. The van der Waals surface area contributed by atoms with E-state index in [1.54, 1.807) is 26.1 Å². The van der Waals surface area contributed by atoms with Crippen molar-refractivity contribution in [3.8, 4) is 0 Å². The van der Waals surface area contributed by atoms with Crippen LogP contribution in [-0.4, -0.2) is 23.5 Å². The SMILES string of the molecule is CC(=O)OCC(C)(C)C(=O)Nc1ccc(C)cn1. The van der Waals surface area contributed by atoms with E-state index in [9.17, 15) is 9.59 Å². The second kappa shape index (κ2) is 5.62. The molecule has 0 fully saturated rings. The molecule has 0 saturated carbocycles. The maximum atomic E-state index is 12.0. The topological polar surface area (TPSA) is 68.3 Å². The first-order chi connectivity index (χ1) is 8.31. The maximum absolute atomic E-state index is 12.0. The third-order valence-electron chi connectivity index (χ3n) is 2.40. The van der Waals surface area contributed by atoms with Gasteiger partial charge in [-0.05, 0) is 32.4 Å². The summed E-state index contributed by atoms with van der Waals surface area (Å²) in [6.45, 7) is 6.69. The number of ether oxygens (including phenoxy) is 1. The molecular formula is C13H18N2O3. The lowest BCUT2D eigenvalue weighted by atomic mass is 9.93. The number of amides is 1. The molecule has 5 nitrogen and oxygen atoms in total. The molecule has 0 aromatic carbocycles. The summed E-state index contributed by atoms with van der Waals surface area (Å²) in [4.78, 5) is 26.8. The first kappa shape index (κ1) is 14.2. The molecule has 0 aliphatic heterocycles. The molecule has 0 atom stereocenters. The highest BCUT2D eigenvalue weighted by Gasteiger charge is 2.29. The molecule has 1 amide bonds. The molecule has 0 radical (unpaired) electrons. The van der Waals surface area contributed by atoms with Crippen LogP contribution in [0.5, 0.6) is 0 Å². The predicted molar refractivity (Wildman–Crippen MR) is 68.0 cm³/mol. The average molecular weight is 250 g/mol. The Hall–Kier alpha value is -1.91. The molecule has 5 heteroatoms. The van der Waals surface area contributed by atoms with Crippen molar-refractivity contribution in [1.29, 1.82) is 0 Å². The highest BCUT2D eigenvalue weighted by molar-refractivity contribution is 5.94. The summed E-state index contributed by atoms with van der Waals surface area (Å²) in [5.74, 6) is -0.147. The van der Waals surface area contributed by atoms with Crippen molar-refractivity contribution in [3.63, 3.8) is 0 Å². The minimum absolute atomic E-state index is 0.0417. The largest absolute Gasteiger partial charge is 0.465 e. The van der Waals surface area contributed by atoms with Crippen LogP contribution in [-0.2, 0) is 14.3 Å². The number of nitrogens with one attached hydrogen (secondary N) is 1. The normalized spacial score (nSPS) is 10.9. The van der Waals surface area contributed by atoms with Crippen molar-refractivity contribution < 1.29 is 14.3 Å². The van der Waals surface area contributed by atoms with Crippen molar-refractivity contribution in [3.05, 3.63) is 23.9 Å². The first-order valence-electron chi connectivity index (χ1n) is 5.69. The fourth-order valence-corrected chi connectivity index (χ4v) is 1.17. The van der Waals surface area contributed by atoms with Crippen molar-refractivity contribution in [1.82, 2.24) is 4.98 Å². The molecule has 0 saturated heterocycles. The van der Waals surface area contributed by atoms with Gasteiger partial charge in [-0.25, -0.2) is 4.98 Å². The predicted octanol–water partition coefficient (Wildman–Crippen LogP) is 1.92. The van der Waals surface area contributed by atoms with Gasteiger partial charge < -0.3 is 10.1 Å². The molecule has 1 N–H and O–H groups in total. The van der Waals surface area contributed by atoms with Gasteiger partial charge in [0, 0.05) is 13.1 Å². The Morgan fingerprint density at radius 3 is 2.56 bits per heavy atom. The quantitative estimate of drug-likeness (QED) is 0.829. The summed E-state index contributed by atoms with van der Waals surface area (Å²) in [5.41, 5.74) is 0.227. The molecule has 0 spiro atoms. The van der Waals surface area contributed by atoms with E-state index in [1.807, 2.05) is 13.0 Å². The Balaban J connectivity index is 2.63. The number of rotatable bonds is 4. The summed E-state index contributed by atoms with van der Waals surface area (Å²) in [7, 11) is 0. The lowest BCUT2D eigenvalue weighted by molar-refractivity contribution is -0.146. The molecule has 0 aliphatic carbocycles. The zero-order chi connectivity index (χ0) is 13.8. The summed E-state index contributed by atoms with van der Waals surface area (Å²) in [6, 6.07) is 3.59. The van der Waals surface area contributed by atoms with Crippen LogP contribution < -0.4 is 5.32 Å². The molecule has 1 aromatic heterocycles. The van der Waals surface area contributed by atoms with Crippen LogP contribution in [0.4, 0.5) is 5.82 Å². The lowest BCUT2D eigenvalue weighted by Gasteiger charge is -2.22. The molecule has 1 rings (SSSR count). The summed E-state index contributed by atoms with van der Waals surface area (Å²) < 4.78 is 4.86. The third kappa shape index (κ3) is 4.16. The van der Waals surface area contributed by atoms with Gasteiger partial charge in [0.05, 0.1) is 5.41 Å². The number of aromatic nitrogens is 1. The van der Waals surface area contributed by atoms with Crippen LogP contribution in [0.2, 0.25) is 0 Å². The standard InChI is InChI=1S/C13H18N2O3/c1-9-5-6-11(14-7-9)15-12(17)13(3,4)8-18-10(2)16/h5-7H,8H2,1-4H3,(H,14,15,17). The monoisotopic (exact) mass is 250 g/mol. The van der Waals surface area contributed by atoms with Gasteiger partial charge in [0.2, 0.25) is 5.91 Å². The van der Waals surface area contributed by atoms with Crippen LogP contribution in [0, 0.1) is 12.3 Å². The number of anilines is 1. The minimum Gasteiger partial charge on any atom is -0.465 e. The molecule has 0 aliphatic rings. The zero-order valence-electron chi connectivity index (χ0n) is 11.1. The van der Waals surface area contributed by atoms with Gasteiger partial charge in [-0.15, -0.1) is 0 Å². The van der Waals surface area contributed by atoms with E-state index in [-0.39, 0.29) is 12.5 Å². The number of nitrogens with zero attached hydrogens (tertiary/aromatic N) is 1. The Labute approximate surface area is 107 Å². The van der Waals surface area contributed by atoms with E-state index in [1.165, 1.54) is 6.92 Å². The second-order valence-corrected chi connectivity index (χ2v) is 4.84. The molecule has 98 valence electrons. The molecule has 18 heavy (non-hydrogen) atoms. The maximum Gasteiger partial charge on any atom is 0.302 e. The van der Waals surface area contributed by atoms with E-state index in [0.717, 1.165) is 5.56 Å². The van der Waals surface area contributed by atoms with E-state index in [4.69, 9.17) is 4.74 Å². The van der Waals surface area contributed by atoms with Gasteiger partial charge in [-0.3, -0.25) is 9.59 Å². The molecule has 1 heterocycles. The lowest BCUT2D eigenvalue weighted by Crippen LogP contribution is -2.35. The van der Waals surface area contributed by atoms with Gasteiger partial charge in [-0.2, -0.15) is 0 Å². The van der Waals surface area contributed by atoms with Crippen molar-refractivity contribution in [2.45, 2.75) is 27.7 Å². The van der Waals surface area contributed by atoms with Gasteiger partial charge >= 0.3 is 5.97 Å². The van der Waals surface area contributed by atoms with Crippen LogP contribution in [0.1, 0.15) is 26.3 Å². The van der Waals surface area contributed by atoms with Crippen molar-refractivity contribution >= 4 is 17.7 Å². The number of carbonyl (C=O) groups is 2. The number of hydrogen-bond acceptors (Lipinski definition) is 4. The fourth-order valence-electron chi connectivity index (χ4n) is 1.17. The van der Waals surface area contributed by atoms with Crippen LogP contribution in [0.15, 0.2) is 18.3 Å².